The van der Waals surface area contributed by atoms with Crippen LogP contribution in [-0.4, -0.2) is 38.1 Å². The zero-order chi connectivity index (χ0) is 22.0. The predicted molar refractivity (Wildman–Crippen MR) is 123 cm³/mol. The zero-order valence-corrected chi connectivity index (χ0v) is 19.1. The maximum absolute atomic E-state index is 13.3. The van der Waals surface area contributed by atoms with Gasteiger partial charge in [0.25, 0.3) is 0 Å². The summed E-state index contributed by atoms with van der Waals surface area (Å²) in [5, 5.41) is 0. The molecule has 2 aliphatic carbocycles. The van der Waals surface area contributed by atoms with Crippen LogP contribution in [0.1, 0.15) is 53.9 Å². The van der Waals surface area contributed by atoms with Crippen molar-refractivity contribution in [1.29, 1.82) is 0 Å². The van der Waals surface area contributed by atoms with Gasteiger partial charge in [0, 0.05) is 25.0 Å². The molecule has 2 aromatic carbocycles. The van der Waals surface area contributed by atoms with Gasteiger partial charge in [-0.25, -0.2) is 17.1 Å². The van der Waals surface area contributed by atoms with Crippen LogP contribution in [0.15, 0.2) is 42.5 Å². The molecule has 2 atom stereocenters. The van der Waals surface area contributed by atoms with Crippen molar-refractivity contribution in [2.24, 2.45) is 11.7 Å². The third-order valence-corrected chi connectivity index (χ3v) is 8.01. The van der Waals surface area contributed by atoms with Gasteiger partial charge in [0.15, 0.2) is 0 Å². The van der Waals surface area contributed by atoms with Gasteiger partial charge in [0.05, 0.1) is 6.26 Å². The van der Waals surface area contributed by atoms with Crippen LogP contribution in [0.5, 0.6) is 0 Å². The van der Waals surface area contributed by atoms with E-state index in [0.717, 1.165) is 50.5 Å². The van der Waals surface area contributed by atoms with E-state index in [-0.39, 0.29) is 17.8 Å². The van der Waals surface area contributed by atoms with Crippen LogP contribution in [0.3, 0.4) is 0 Å². The van der Waals surface area contributed by atoms with Gasteiger partial charge in [-0.2, -0.15) is 0 Å². The summed E-state index contributed by atoms with van der Waals surface area (Å²) in [6, 6.07) is 13.5. The highest BCUT2D eigenvalue weighted by atomic mass is 32.2. The van der Waals surface area contributed by atoms with Crippen LogP contribution in [0.25, 0.3) is 0 Å². The van der Waals surface area contributed by atoms with Crippen molar-refractivity contribution in [2.75, 3.05) is 19.3 Å². The monoisotopic (exact) mass is 444 g/mol. The molecule has 168 valence electrons. The Labute approximate surface area is 185 Å². The lowest BCUT2D eigenvalue weighted by Crippen LogP contribution is -2.34. The summed E-state index contributed by atoms with van der Waals surface area (Å²) in [6.07, 6.45) is 8.02. The highest BCUT2D eigenvalue weighted by Gasteiger charge is 2.29. The SMILES string of the molecule is CS(=O)(=O)N(CCCc1ccc2c(c1)C(Cc1ccc(F)cc1)C(N)CC2)CC1CC1. The molecular weight excluding hydrogens is 411 g/mol. The van der Waals surface area contributed by atoms with E-state index in [0.29, 0.717) is 19.0 Å². The van der Waals surface area contributed by atoms with Crippen molar-refractivity contribution in [3.63, 3.8) is 0 Å². The number of nitrogens with zero attached hydrogens (tertiary/aromatic N) is 1. The summed E-state index contributed by atoms with van der Waals surface area (Å²) in [5.41, 5.74) is 11.5. The molecule has 1 saturated carbocycles. The molecule has 1 fully saturated rings. The lowest BCUT2D eigenvalue weighted by molar-refractivity contribution is 0.393. The fraction of sp³-hybridized carbons (Fsp3) is 0.520. The Morgan fingerprint density at radius 1 is 1.06 bits per heavy atom. The van der Waals surface area contributed by atoms with Crippen LogP contribution < -0.4 is 5.73 Å². The third-order valence-electron chi connectivity index (χ3n) is 6.74. The van der Waals surface area contributed by atoms with E-state index in [4.69, 9.17) is 5.73 Å². The highest BCUT2D eigenvalue weighted by molar-refractivity contribution is 7.88. The molecule has 0 spiro atoms. The first-order chi connectivity index (χ1) is 14.8. The number of rotatable bonds is 9. The van der Waals surface area contributed by atoms with Crippen molar-refractivity contribution in [3.05, 3.63) is 70.5 Å². The van der Waals surface area contributed by atoms with Gasteiger partial charge in [0.1, 0.15) is 5.82 Å². The van der Waals surface area contributed by atoms with E-state index in [1.807, 2.05) is 12.1 Å². The van der Waals surface area contributed by atoms with Crippen molar-refractivity contribution < 1.29 is 12.8 Å². The molecule has 2 aliphatic rings. The van der Waals surface area contributed by atoms with Gasteiger partial charge < -0.3 is 5.73 Å². The smallest absolute Gasteiger partial charge is 0.211 e. The molecule has 0 saturated heterocycles. The number of hydrogen-bond acceptors (Lipinski definition) is 3. The molecule has 0 heterocycles. The fourth-order valence-corrected chi connectivity index (χ4v) is 5.65. The Morgan fingerprint density at radius 3 is 2.45 bits per heavy atom. The first kappa shape index (κ1) is 22.4. The van der Waals surface area contributed by atoms with E-state index in [9.17, 15) is 12.8 Å². The van der Waals surface area contributed by atoms with Crippen molar-refractivity contribution in [2.45, 2.75) is 56.9 Å². The zero-order valence-electron chi connectivity index (χ0n) is 18.3. The number of nitrogens with two attached hydrogens (primary N) is 1. The summed E-state index contributed by atoms with van der Waals surface area (Å²) >= 11 is 0. The Morgan fingerprint density at radius 2 is 1.77 bits per heavy atom. The highest BCUT2D eigenvalue weighted by Crippen LogP contribution is 2.35. The number of halogens is 1. The molecule has 2 aromatic rings. The molecule has 31 heavy (non-hydrogen) atoms. The lowest BCUT2D eigenvalue weighted by atomic mass is 9.76. The van der Waals surface area contributed by atoms with Gasteiger partial charge in [-0.3, -0.25) is 0 Å². The van der Waals surface area contributed by atoms with Crippen molar-refractivity contribution in [1.82, 2.24) is 4.31 Å². The molecule has 0 radical (unpaired) electrons. The number of fused-ring (bicyclic) bond motifs is 1. The minimum Gasteiger partial charge on any atom is -0.327 e. The van der Waals surface area contributed by atoms with Gasteiger partial charge in [-0.1, -0.05) is 30.3 Å². The van der Waals surface area contributed by atoms with Crippen LogP contribution >= 0.6 is 0 Å². The molecule has 0 amide bonds. The molecule has 6 heteroatoms. The van der Waals surface area contributed by atoms with E-state index in [2.05, 4.69) is 18.2 Å². The molecule has 2 unspecified atom stereocenters. The Kier molecular flexibility index (Phi) is 6.80. The van der Waals surface area contributed by atoms with Gasteiger partial charge in [0.2, 0.25) is 10.0 Å². The number of aryl methyl sites for hydroxylation is 2. The van der Waals surface area contributed by atoms with Gasteiger partial charge >= 0.3 is 0 Å². The van der Waals surface area contributed by atoms with Crippen LogP contribution in [0.2, 0.25) is 0 Å². The van der Waals surface area contributed by atoms with Crippen LogP contribution in [0.4, 0.5) is 4.39 Å². The topological polar surface area (TPSA) is 63.4 Å². The number of hydrogen-bond donors (Lipinski definition) is 1. The van der Waals surface area contributed by atoms with E-state index in [1.165, 1.54) is 35.1 Å². The average molecular weight is 445 g/mol. The van der Waals surface area contributed by atoms with Crippen LogP contribution in [-0.2, 0) is 29.3 Å². The fourth-order valence-electron chi connectivity index (χ4n) is 4.70. The largest absolute Gasteiger partial charge is 0.327 e. The lowest BCUT2D eigenvalue weighted by Gasteiger charge is -2.32. The van der Waals surface area contributed by atoms with E-state index < -0.39 is 10.0 Å². The van der Waals surface area contributed by atoms with Crippen molar-refractivity contribution >= 4 is 10.0 Å². The number of sulfonamides is 1. The van der Waals surface area contributed by atoms with Gasteiger partial charge in [-0.15, -0.1) is 0 Å². The second-order valence-corrected chi connectivity index (χ2v) is 11.3. The molecule has 0 aromatic heterocycles. The molecular formula is C25H33FN2O2S. The predicted octanol–water partition coefficient (Wildman–Crippen LogP) is 4.03. The molecule has 4 rings (SSSR count). The summed E-state index contributed by atoms with van der Waals surface area (Å²) in [5.74, 6) is 0.549. The Balaban J connectivity index is 1.44. The average Bonchev–Trinajstić information content (AvgIpc) is 3.54. The van der Waals surface area contributed by atoms with E-state index >= 15 is 0 Å². The standard InChI is InChI=1S/C25H33FN2O2S/c1-31(29,30)28(17-20-4-5-20)14-2-3-18-6-9-21-10-13-25(27)24(23(21)15-18)16-19-7-11-22(26)12-8-19/h6-9,11-12,15,20,24-25H,2-5,10,13-14,16-17,27H2,1H3. The molecule has 0 aliphatic heterocycles. The third kappa shape index (κ3) is 5.93. The molecule has 2 N–H and O–H groups in total. The summed E-state index contributed by atoms with van der Waals surface area (Å²) in [6.45, 7) is 1.24. The minimum atomic E-state index is -3.15. The number of benzene rings is 2. The Bertz CT molecular complexity index is 1000. The second kappa shape index (κ2) is 9.39. The van der Waals surface area contributed by atoms with E-state index in [1.54, 1.807) is 4.31 Å². The molecule has 0 bridgehead atoms. The summed E-state index contributed by atoms with van der Waals surface area (Å²) in [7, 11) is -3.15. The minimum absolute atomic E-state index is 0.0899. The maximum Gasteiger partial charge on any atom is 0.211 e. The Hall–Kier alpha value is -1.76. The second-order valence-electron chi connectivity index (χ2n) is 9.34. The normalized spacial score (nSPS) is 21.3. The van der Waals surface area contributed by atoms with Crippen molar-refractivity contribution in [3.8, 4) is 0 Å². The summed E-state index contributed by atoms with van der Waals surface area (Å²) < 4.78 is 39.1. The van der Waals surface area contributed by atoms with Crippen LogP contribution in [0, 0.1) is 11.7 Å². The first-order valence-electron chi connectivity index (χ1n) is 11.4. The first-order valence-corrected chi connectivity index (χ1v) is 13.2. The molecule has 4 nitrogen and oxygen atoms in total. The summed E-state index contributed by atoms with van der Waals surface area (Å²) in [4.78, 5) is 0. The maximum atomic E-state index is 13.3. The quantitative estimate of drug-likeness (QED) is 0.635. The van der Waals surface area contributed by atoms with Gasteiger partial charge in [-0.05, 0) is 85.3 Å².